The van der Waals surface area contributed by atoms with Gasteiger partial charge in [-0.25, -0.2) is 0 Å². The third-order valence-electron chi connectivity index (χ3n) is 5.55. The number of fused-ring (bicyclic) bond motifs is 2. The predicted octanol–water partition coefficient (Wildman–Crippen LogP) is 3.41. The molecule has 2 aliphatic rings. The van der Waals surface area contributed by atoms with E-state index >= 15 is 0 Å². The van der Waals surface area contributed by atoms with E-state index in [-0.39, 0.29) is 11.9 Å². The minimum absolute atomic E-state index is 0.00485. The van der Waals surface area contributed by atoms with Gasteiger partial charge < -0.3 is 5.32 Å². The SMILES string of the molecule is O=C(/C=C\c1cccnc1)NC1C[C@H]2CC[C@@H](C1)N2Cc1ccccc1. The maximum atomic E-state index is 12.3. The molecule has 1 aromatic heterocycles. The highest BCUT2D eigenvalue weighted by molar-refractivity contribution is 5.91. The van der Waals surface area contributed by atoms with Crippen LogP contribution in [0, 0.1) is 0 Å². The molecule has 2 bridgehead atoms. The van der Waals surface area contributed by atoms with E-state index in [1.165, 1.54) is 18.4 Å². The molecule has 1 unspecified atom stereocenters. The van der Waals surface area contributed by atoms with Crippen molar-refractivity contribution in [2.24, 2.45) is 0 Å². The number of hydrogen-bond donors (Lipinski definition) is 1. The van der Waals surface area contributed by atoms with Gasteiger partial charge in [0.15, 0.2) is 0 Å². The molecule has 134 valence electrons. The summed E-state index contributed by atoms with van der Waals surface area (Å²) in [5.74, 6) is -0.00485. The summed E-state index contributed by atoms with van der Waals surface area (Å²) in [5, 5.41) is 3.20. The van der Waals surface area contributed by atoms with Gasteiger partial charge >= 0.3 is 0 Å². The molecular formula is C22H25N3O. The second-order valence-electron chi connectivity index (χ2n) is 7.34. The van der Waals surface area contributed by atoms with Gasteiger partial charge in [-0.05, 0) is 49.0 Å². The maximum Gasteiger partial charge on any atom is 0.244 e. The first-order valence-electron chi connectivity index (χ1n) is 9.46. The Morgan fingerprint density at radius 1 is 1.12 bits per heavy atom. The van der Waals surface area contributed by atoms with Crippen LogP contribution in [0.15, 0.2) is 60.9 Å². The number of carbonyl (C=O) groups is 1. The van der Waals surface area contributed by atoms with E-state index in [0.29, 0.717) is 12.1 Å². The lowest BCUT2D eigenvalue weighted by atomic mass is 9.96. The molecule has 0 radical (unpaired) electrons. The van der Waals surface area contributed by atoms with E-state index in [0.717, 1.165) is 24.9 Å². The third-order valence-corrected chi connectivity index (χ3v) is 5.55. The van der Waals surface area contributed by atoms with Gasteiger partial charge in [0.05, 0.1) is 0 Å². The Bertz CT molecular complexity index is 745. The largest absolute Gasteiger partial charge is 0.350 e. The number of carbonyl (C=O) groups excluding carboxylic acids is 1. The molecule has 1 N–H and O–H groups in total. The molecule has 4 nitrogen and oxygen atoms in total. The number of aromatic nitrogens is 1. The monoisotopic (exact) mass is 347 g/mol. The van der Waals surface area contributed by atoms with Crippen molar-refractivity contribution in [3.63, 3.8) is 0 Å². The Morgan fingerprint density at radius 3 is 2.58 bits per heavy atom. The lowest BCUT2D eigenvalue weighted by Crippen LogP contribution is -2.49. The van der Waals surface area contributed by atoms with Gasteiger partial charge in [0.2, 0.25) is 5.91 Å². The number of benzene rings is 1. The Kier molecular flexibility index (Phi) is 5.12. The van der Waals surface area contributed by atoms with Crippen LogP contribution in [-0.4, -0.2) is 33.9 Å². The molecule has 1 aromatic carbocycles. The van der Waals surface area contributed by atoms with E-state index < -0.39 is 0 Å². The van der Waals surface area contributed by atoms with Crippen molar-refractivity contribution in [1.82, 2.24) is 15.2 Å². The summed E-state index contributed by atoms with van der Waals surface area (Å²) < 4.78 is 0. The highest BCUT2D eigenvalue weighted by atomic mass is 16.1. The van der Waals surface area contributed by atoms with E-state index in [4.69, 9.17) is 0 Å². The average molecular weight is 347 g/mol. The standard InChI is InChI=1S/C22H25N3O/c26-22(11-8-17-7-4-12-23-15-17)24-19-13-20-9-10-21(14-19)25(20)16-18-5-2-1-3-6-18/h1-8,11-12,15,19-21H,9-10,13-14,16H2,(H,24,26)/b11-8-/t19?,20-,21+. The molecular weight excluding hydrogens is 322 g/mol. The number of pyridine rings is 1. The molecule has 2 fully saturated rings. The van der Waals surface area contributed by atoms with Crippen LogP contribution in [-0.2, 0) is 11.3 Å². The molecule has 0 spiro atoms. The number of amides is 1. The summed E-state index contributed by atoms with van der Waals surface area (Å²) in [6, 6.07) is 16.0. The van der Waals surface area contributed by atoms with Crippen LogP contribution in [0.25, 0.3) is 6.08 Å². The highest BCUT2D eigenvalue weighted by Gasteiger charge is 2.40. The second-order valence-corrected chi connectivity index (χ2v) is 7.34. The Hall–Kier alpha value is -2.46. The summed E-state index contributed by atoms with van der Waals surface area (Å²) in [6.45, 7) is 1.03. The smallest absolute Gasteiger partial charge is 0.244 e. The minimum atomic E-state index is -0.00485. The molecule has 3 heterocycles. The molecule has 4 heteroatoms. The van der Waals surface area contributed by atoms with Crippen molar-refractivity contribution in [3.05, 3.63) is 72.1 Å². The molecule has 0 aliphatic carbocycles. The average Bonchev–Trinajstić information content (AvgIpc) is 2.90. The second kappa shape index (κ2) is 7.83. The lowest BCUT2D eigenvalue weighted by Gasteiger charge is -2.39. The number of hydrogen-bond acceptors (Lipinski definition) is 3. The van der Waals surface area contributed by atoms with Crippen molar-refractivity contribution < 1.29 is 4.79 Å². The highest BCUT2D eigenvalue weighted by Crippen LogP contribution is 2.36. The summed E-state index contributed by atoms with van der Waals surface area (Å²) in [7, 11) is 0. The van der Waals surface area contributed by atoms with Crippen molar-refractivity contribution in [2.75, 3.05) is 0 Å². The maximum absolute atomic E-state index is 12.3. The molecule has 1 amide bonds. The van der Waals surface area contributed by atoms with E-state index in [1.54, 1.807) is 18.5 Å². The molecule has 26 heavy (non-hydrogen) atoms. The van der Waals surface area contributed by atoms with Crippen LogP contribution in [0.2, 0.25) is 0 Å². The minimum Gasteiger partial charge on any atom is -0.350 e. The predicted molar refractivity (Wildman–Crippen MR) is 103 cm³/mol. The van der Waals surface area contributed by atoms with E-state index in [9.17, 15) is 4.79 Å². The quantitative estimate of drug-likeness (QED) is 0.843. The van der Waals surface area contributed by atoms with Gasteiger partial charge in [-0.15, -0.1) is 0 Å². The van der Waals surface area contributed by atoms with Gasteiger partial charge in [0.1, 0.15) is 0 Å². The normalized spacial score (nSPS) is 25.5. The molecule has 2 aromatic rings. The Morgan fingerprint density at radius 2 is 1.88 bits per heavy atom. The van der Waals surface area contributed by atoms with Gasteiger partial charge in [0, 0.05) is 43.1 Å². The van der Waals surface area contributed by atoms with Crippen LogP contribution < -0.4 is 5.32 Å². The topological polar surface area (TPSA) is 45.2 Å². The van der Waals surface area contributed by atoms with Gasteiger partial charge in [-0.3, -0.25) is 14.7 Å². The third kappa shape index (κ3) is 4.02. The number of rotatable bonds is 5. The first-order valence-corrected chi connectivity index (χ1v) is 9.46. The first kappa shape index (κ1) is 17.0. The van der Waals surface area contributed by atoms with Crippen molar-refractivity contribution >= 4 is 12.0 Å². The van der Waals surface area contributed by atoms with Gasteiger partial charge in [-0.1, -0.05) is 36.4 Å². The zero-order chi connectivity index (χ0) is 17.8. The fourth-order valence-corrected chi connectivity index (χ4v) is 4.34. The fraction of sp³-hybridized carbons (Fsp3) is 0.364. The molecule has 3 atom stereocenters. The van der Waals surface area contributed by atoms with E-state index in [1.807, 2.05) is 18.2 Å². The number of nitrogens with zero attached hydrogens (tertiary/aromatic N) is 2. The van der Waals surface area contributed by atoms with Crippen LogP contribution >= 0.6 is 0 Å². The van der Waals surface area contributed by atoms with E-state index in [2.05, 4.69) is 45.5 Å². The number of nitrogens with one attached hydrogen (secondary N) is 1. The van der Waals surface area contributed by atoms with Crippen molar-refractivity contribution in [3.8, 4) is 0 Å². The summed E-state index contributed by atoms with van der Waals surface area (Å²) in [6.07, 6.45) is 11.5. The molecule has 2 aliphatic heterocycles. The molecule has 2 saturated heterocycles. The zero-order valence-corrected chi connectivity index (χ0v) is 14.9. The zero-order valence-electron chi connectivity index (χ0n) is 14.9. The van der Waals surface area contributed by atoms with Crippen LogP contribution in [0.4, 0.5) is 0 Å². The van der Waals surface area contributed by atoms with Gasteiger partial charge in [0.25, 0.3) is 0 Å². The van der Waals surface area contributed by atoms with Gasteiger partial charge in [-0.2, -0.15) is 0 Å². The summed E-state index contributed by atoms with van der Waals surface area (Å²) >= 11 is 0. The van der Waals surface area contributed by atoms with Crippen LogP contribution in [0.5, 0.6) is 0 Å². The van der Waals surface area contributed by atoms with Crippen LogP contribution in [0.3, 0.4) is 0 Å². The Labute approximate surface area is 154 Å². The summed E-state index contributed by atoms with van der Waals surface area (Å²) in [5.41, 5.74) is 2.33. The summed E-state index contributed by atoms with van der Waals surface area (Å²) in [4.78, 5) is 19.0. The lowest BCUT2D eigenvalue weighted by molar-refractivity contribution is -0.117. The Balaban J connectivity index is 1.32. The molecule has 0 saturated carbocycles. The number of piperidine rings is 1. The fourth-order valence-electron chi connectivity index (χ4n) is 4.34. The van der Waals surface area contributed by atoms with Crippen molar-refractivity contribution in [2.45, 2.75) is 50.4 Å². The van der Waals surface area contributed by atoms with Crippen molar-refractivity contribution in [1.29, 1.82) is 0 Å². The first-order chi connectivity index (χ1) is 12.8. The molecule has 4 rings (SSSR count). The van der Waals surface area contributed by atoms with Crippen LogP contribution in [0.1, 0.15) is 36.8 Å².